The molecule has 0 spiro atoms. The van der Waals surface area contributed by atoms with Crippen LogP contribution in [0.25, 0.3) is 54.8 Å². The summed E-state index contributed by atoms with van der Waals surface area (Å²) in [5, 5.41) is 19.1. The number of carbonyl (C=O) groups is 5. The van der Waals surface area contributed by atoms with Crippen LogP contribution in [0, 0.1) is 24.5 Å². The molecule has 6 heterocycles. The molecule has 3 aromatic carbocycles. The molecule has 0 aliphatic carbocycles. The van der Waals surface area contributed by atoms with Crippen molar-refractivity contribution >= 4 is 84.4 Å². The number of methoxy groups -OCH3 is 1. The number of fused-ring (bicyclic) bond motifs is 2. The summed E-state index contributed by atoms with van der Waals surface area (Å²) < 4.78 is 84.3. The number of nitrogens with two attached hydrogens (primary N) is 1. The van der Waals surface area contributed by atoms with Gasteiger partial charge in [-0.05, 0) is 100.0 Å². The maximum Gasteiger partial charge on any atom is 0.325 e. The smallest absolute Gasteiger partial charge is 0.325 e. The highest BCUT2D eigenvalue weighted by molar-refractivity contribution is 7.92. The van der Waals surface area contributed by atoms with Crippen LogP contribution < -0.4 is 26.4 Å². The molecule has 0 radical (unpaired) electrons. The molecule has 4 aromatic heterocycles. The molecule has 0 atom stereocenters. The van der Waals surface area contributed by atoms with Crippen molar-refractivity contribution in [3.05, 3.63) is 89.3 Å². The van der Waals surface area contributed by atoms with Crippen LogP contribution in [0.4, 0.5) is 20.4 Å². The molecule has 29 heteroatoms. The molecule has 2 aliphatic rings. The Morgan fingerprint density at radius 1 is 0.775 bits per heavy atom. The van der Waals surface area contributed by atoms with Gasteiger partial charge < -0.3 is 45.5 Å². The Hall–Kier alpha value is -8.09. The number of likely N-dealkylation sites (tertiary alicyclic amines) is 2. The van der Waals surface area contributed by atoms with Crippen molar-refractivity contribution in [1.29, 1.82) is 0 Å². The Morgan fingerprint density at radius 2 is 1.48 bits per heavy atom. The summed E-state index contributed by atoms with van der Waals surface area (Å²) in [5.74, 6) is -2.78. The third kappa shape index (κ3) is 17.4. The van der Waals surface area contributed by atoms with E-state index in [1.54, 1.807) is 56.4 Å². The van der Waals surface area contributed by atoms with Crippen LogP contribution >= 0.6 is 11.3 Å². The number of anilines is 2. The van der Waals surface area contributed by atoms with Gasteiger partial charge in [0.15, 0.2) is 5.82 Å². The number of carbonyl (C=O) groups excluding carboxylic acids is 5. The van der Waals surface area contributed by atoms with E-state index < -0.39 is 39.4 Å². The number of esters is 1. The zero-order valence-corrected chi connectivity index (χ0v) is 51.6. The summed E-state index contributed by atoms with van der Waals surface area (Å²) in [7, 11) is -2.55. The zero-order valence-electron chi connectivity index (χ0n) is 49.9. The summed E-state index contributed by atoms with van der Waals surface area (Å²) in [5.41, 5.74) is 9.60. The Kier molecular flexibility index (Phi) is 22.7. The van der Waals surface area contributed by atoms with Crippen LogP contribution in [0.3, 0.4) is 0 Å². The molecule has 25 nitrogen and oxygen atoms in total. The molecule has 0 saturated carbocycles. The normalized spacial score (nSPS) is 14.3. The van der Waals surface area contributed by atoms with Gasteiger partial charge in [0.25, 0.3) is 0 Å². The van der Waals surface area contributed by atoms with Gasteiger partial charge in [0.2, 0.25) is 39.6 Å². The van der Waals surface area contributed by atoms with Gasteiger partial charge in [-0.3, -0.25) is 43.0 Å². The first-order valence-electron chi connectivity index (χ1n) is 29.6. The van der Waals surface area contributed by atoms with Gasteiger partial charge in [0, 0.05) is 60.2 Å². The van der Waals surface area contributed by atoms with Crippen LogP contribution in [0.2, 0.25) is 0 Å². The van der Waals surface area contributed by atoms with Crippen molar-refractivity contribution in [3.8, 4) is 33.0 Å². The maximum absolute atomic E-state index is 16.1. The van der Waals surface area contributed by atoms with Crippen LogP contribution in [0.1, 0.15) is 62.1 Å². The number of sulfonamides is 1. The number of benzene rings is 3. The minimum absolute atomic E-state index is 0.0146. The van der Waals surface area contributed by atoms with E-state index >= 15 is 8.78 Å². The Balaban J connectivity index is 0.629. The number of nitrogens with zero attached hydrogens (tertiary/aromatic N) is 9. The first-order valence-corrected chi connectivity index (χ1v) is 32.0. The van der Waals surface area contributed by atoms with E-state index in [2.05, 4.69) is 50.5 Å². The number of halogens is 2. The fourth-order valence-electron chi connectivity index (χ4n) is 10.9. The lowest BCUT2D eigenvalue weighted by Crippen LogP contribution is -2.42. The van der Waals surface area contributed by atoms with Crippen LogP contribution in [-0.2, 0) is 66.0 Å². The lowest BCUT2D eigenvalue weighted by atomic mass is 9.96. The second-order valence-electron chi connectivity index (χ2n) is 21.7. The van der Waals surface area contributed by atoms with Crippen molar-refractivity contribution in [2.45, 2.75) is 71.4 Å². The summed E-state index contributed by atoms with van der Waals surface area (Å²) in [6, 6.07) is 14.8. The van der Waals surface area contributed by atoms with Crippen molar-refractivity contribution in [2.24, 2.45) is 5.92 Å². The molecule has 2 saturated heterocycles. The number of nitrogens with one attached hydrogen (secondary N) is 4. The number of hydrogen-bond acceptors (Lipinski definition) is 19. The number of nitrogen functional groups attached to an aromatic ring is 1. The molecule has 6 N–H and O–H groups in total. The van der Waals surface area contributed by atoms with Gasteiger partial charge in [0.05, 0.1) is 122 Å². The molecule has 2 aliphatic heterocycles. The van der Waals surface area contributed by atoms with Crippen LogP contribution in [0.5, 0.6) is 0 Å². The SMILES string of the molecule is CCCS(=O)(=O)Nc1cccc(-c2nc(C3CCN(C(=O)CCOCCOCCOCCNC(=O)CN4CCC(Cn5ncc6cc(F)c(-c7cccc8c7c(C)nn8CC(=O)NCC(=O)NCC(=O)OC)cc65)CC4)CC3)sc2-c2ccnc(N)n2)c1F. The van der Waals surface area contributed by atoms with Gasteiger partial charge in [-0.25, -0.2) is 32.2 Å². The van der Waals surface area contributed by atoms with Crippen LogP contribution in [0.15, 0.2) is 67.0 Å². The van der Waals surface area contributed by atoms with E-state index in [4.69, 9.17) is 24.9 Å². The highest BCUT2D eigenvalue weighted by atomic mass is 32.2. The number of aryl methyl sites for hydroxylation is 1. The second kappa shape index (κ2) is 30.9. The number of rotatable bonds is 30. The van der Waals surface area contributed by atoms with Gasteiger partial charge in [-0.1, -0.05) is 25.1 Å². The average molecular weight is 1270 g/mol. The topological polar surface area (TPSA) is 311 Å². The number of piperidine rings is 2. The first-order chi connectivity index (χ1) is 43.0. The van der Waals surface area contributed by atoms with Gasteiger partial charge in [-0.15, -0.1) is 11.3 Å². The number of amides is 4. The maximum atomic E-state index is 16.1. The monoisotopic (exact) mass is 1270 g/mol. The van der Waals surface area contributed by atoms with E-state index in [1.807, 2.05) is 15.6 Å². The molecule has 89 heavy (non-hydrogen) atoms. The first kappa shape index (κ1) is 65.4. The molecule has 4 amide bonds. The predicted molar refractivity (Wildman–Crippen MR) is 330 cm³/mol. The van der Waals surface area contributed by atoms with Crippen LogP contribution in [-0.4, -0.2) is 187 Å². The lowest BCUT2D eigenvalue weighted by Gasteiger charge is -2.31. The largest absolute Gasteiger partial charge is 0.468 e. The van der Waals surface area contributed by atoms with E-state index in [0.717, 1.165) is 36.5 Å². The van der Waals surface area contributed by atoms with Gasteiger partial charge in [-0.2, -0.15) is 10.2 Å². The number of aromatic nitrogens is 7. The number of ether oxygens (including phenoxy) is 4. The summed E-state index contributed by atoms with van der Waals surface area (Å²) in [4.78, 5) is 80.0. The highest BCUT2D eigenvalue weighted by Crippen LogP contribution is 2.43. The fourth-order valence-corrected chi connectivity index (χ4v) is 13.2. The van der Waals surface area contributed by atoms with Crippen molar-refractivity contribution < 1.29 is 60.1 Å². The molecular formula is C60H74F2N14O11S2. The third-order valence-electron chi connectivity index (χ3n) is 15.4. The molecule has 0 unspecified atom stereocenters. The Labute approximate surface area is 517 Å². The molecule has 0 bridgehead atoms. The van der Waals surface area contributed by atoms with E-state index in [1.165, 1.54) is 41.5 Å². The zero-order chi connectivity index (χ0) is 63.0. The predicted octanol–water partition coefficient (Wildman–Crippen LogP) is 5.03. The van der Waals surface area contributed by atoms with Crippen molar-refractivity contribution in [2.75, 3.05) is 115 Å². The fraction of sp³-hybridized carbons (Fsp3) is 0.467. The van der Waals surface area contributed by atoms with E-state index in [0.29, 0.717) is 128 Å². The Bertz CT molecular complexity index is 3750. The Morgan fingerprint density at radius 3 is 2.22 bits per heavy atom. The molecular weight excluding hydrogens is 1190 g/mol. The van der Waals surface area contributed by atoms with Crippen molar-refractivity contribution in [3.63, 3.8) is 0 Å². The molecule has 2 fully saturated rings. The third-order valence-corrected chi connectivity index (χ3v) is 18.1. The minimum atomic E-state index is -3.76. The van der Waals surface area contributed by atoms with Crippen molar-refractivity contribution in [1.82, 2.24) is 60.3 Å². The number of thiazole rings is 1. The van der Waals surface area contributed by atoms with E-state index in [9.17, 15) is 32.4 Å². The quantitative estimate of drug-likeness (QED) is 0.0291. The lowest BCUT2D eigenvalue weighted by molar-refractivity contribution is -0.141. The summed E-state index contributed by atoms with van der Waals surface area (Å²) in [6.45, 7) is 8.26. The average Bonchev–Trinajstić information content (AvgIpc) is 1.83. The summed E-state index contributed by atoms with van der Waals surface area (Å²) >= 11 is 1.36. The van der Waals surface area contributed by atoms with Gasteiger partial charge in [0.1, 0.15) is 18.9 Å². The van der Waals surface area contributed by atoms with E-state index in [-0.39, 0.29) is 85.8 Å². The van der Waals surface area contributed by atoms with Gasteiger partial charge >= 0.3 is 5.97 Å². The highest BCUT2D eigenvalue weighted by Gasteiger charge is 2.30. The molecule has 476 valence electrons. The minimum Gasteiger partial charge on any atom is -0.468 e. The standard InChI is InChI=1S/C60H74F2N14O11S2/c1-4-29-89(82,83)72-46-9-5-8-43(56(46)62)57-58(47-11-17-65-60(63)69-47)88-59(70-57)40-14-21-74(22-15-40)53(80)16-23-85-25-27-87-28-26-86-24-18-64-51(78)36-73-19-12-39(13-20-73)35-75-49-31-44(45(61)30-41(49)32-68-75)42-7-6-10-48-55(42)38(2)71-76(48)37-52(79)66-33-50(77)67-34-54(81)84-3/h5-11,17,30-32,39-40,72H,4,12-16,18-29,33-37H2,1-3H3,(H,64,78)(H,66,79)(H,67,77)(H2,63,65,69). The molecule has 9 rings (SSSR count). The second-order valence-corrected chi connectivity index (χ2v) is 24.6. The number of hydrogen-bond donors (Lipinski definition) is 5. The summed E-state index contributed by atoms with van der Waals surface area (Å²) in [6.07, 6.45) is 6.73. The molecule has 7 aromatic rings.